The Kier molecular flexibility index (Phi) is 2.01. The van der Waals surface area contributed by atoms with Gasteiger partial charge in [-0.3, -0.25) is 0 Å². The molecule has 3 rings (SSSR count). The lowest BCUT2D eigenvalue weighted by molar-refractivity contribution is 0.371. The van der Waals surface area contributed by atoms with Crippen LogP contribution in [0.3, 0.4) is 0 Å². The van der Waals surface area contributed by atoms with Crippen LogP contribution >= 0.6 is 0 Å². The molecule has 4 heteroatoms. The highest BCUT2D eigenvalue weighted by molar-refractivity contribution is 6.04. The van der Waals surface area contributed by atoms with Crippen molar-refractivity contribution in [2.75, 3.05) is 0 Å². The molecule has 0 aliphatic heterocycles. The van der Waals surface area contributed by atoms with Gasteiger partial charge in [0.1, 0.15) is 5.75 Å². The van der Waals surface area contributed by atoms with Gasteiger partial charge in [-0.2, -0.15) is 0 Å². The average Bonchev–Trinajstić information content (AvgIpc) is 2.35. The lowest BCUT2D eigenvalue weighted by Gasteiger charge is -2.08. The summed E-state index contributed by atoms with van der Waals surface area (Å²) < 4.78 is 0. The predicted molar refractivity (Wildman–Crippen MR) is 68.1 cm³/mol. The van der Waals surface area contributed by atoms with Gasteiger partial charge in [-0.05, 0) is 35.0 Å². The normalized spacial score (nSPS) is 11.1. The second-order valence-corrected chi connectivity index (χ2v) is 4.16. The van der Waals surface area contributed by atoms with Crippen molar-refractivity contribution in [3.8, 4) is 23.0 Å². The number of hydrogen-bond acceptors (Lipinski definition) is 4. The van der Waals surface area contributed by atoms with Crippen molar-refractivity contribution in [1.82, 2.24) is 0 Å². The molecule has 0 fully saturated rings. The maximum absolute atomic E-state index is 9.80. The molecule has 3 aromatic carbocycles. The Bertz CT molecular complexity index is 778. The van der Waals surface area contributed by atoms with Crippen molar-refractivity contribution in [2.24, 2.45) is 0 Å². The molecule has 4 nitrogen and oxygen atoms in total. The van der Waals surface area contributed by atoms with Crippen molar-refractivity contribution in [3.63, 3.8) is 0 Å². The van der Waals surface area contributed by atoms with Crippen LogP contribution in [0, 0.1) is 0 Å². The Morgan fingerprint density at radius 3 is 2.17 bits per heavy atom. The third-order valence-corrected chi connectivity index (χ3v) is 3.04. The average molecular weight is 242 g/mol. The predicted octanol–water partition coefficient (Wildman–Crippen LogP) is 2.82. The Morgan fingerprint density at radius 1 is 0.611 bits per heavy atom. The van der Waals surface area contributed by atoms with Gasteiger partial charge in [0.15, 0.2) is 11.5 Å². The van der Waals surface area contributed by atoms with E-state index in [0.29, 0.717) is 16.2 Å². The molecule has 0 spiro atoms. The fourth-order valence-corrected chi connectivity index (χ4v) is 2.12. The molecule has 0 radical (unpaired) electrons. The van der Waals surface area contributed by atoms with E-state index >= 15 is 0 Å². The zero-order valence-corrected chi connectivity index (χ0v) is 9.25. The van der Waals surface area contributed by atoms with E-state index in [9.17, 15) is 20.4 Å². The van der Waals surface area contributed by atoms with Crippen LogP contribution in [-0.4, -0.2) is 20.4 Å². The highest BCUT2D eigenvalue weighted by Gasteiger charge is 2.12. The molecule has 0 unspecified atom stereocenters. The van der Waals surface area contributed by atoms with Crippen molar-refractivity contribution in [3.05, 3.63) is 36.4 Å². The van der Waals surface area contributed by atoms with Gasteiger partial charge in [0, 0.05) is 10.8 Å². The van der Waals surface area contributed by atoms with Gasteiger partial charge in [-0.25, -0.2) is 0 Å². The first-order chi connectivity index (χ1) is 8.58. The first-order valence-electron chi connectivity index (χ1n) is 5.37. The summed E-state index contributed by atoms with van der Waals surface area (Å²) in [4.78, 5) is 0. The number of aromatic hydroxyl groups is 4. The molecule has 0 heterocycles. The van der Waals surface area contributed by atoms with Gasteiger partial charge in [0.2, 0.25) is 5.75 Å². The molecule has 90 valence electrons. The quantitative estimate of drug-likeness (QED) is 0.361. The van der Waals surface area contributed by atoms with Crippen LogP contribution in [0.1, 0.15) is 0 Å². The monoisotopic (exact) mass is 242 g/mol. The molecule has 18 heavy (non-hydrogen) atoms. The van der Waals surface area contributed by atoms with Crippen molar-refractivity contribution >= 4 is 21.5 Å². The van der Waals surface area contributed by atoms with E-state index < -0.39 is 11.5 Å². The molecule has 0 aromatic heterocycles. The highest BCUT2D eigenvalue weighted by atomic mass is 16.3. The number of fused-ring (bicyclic) bond motifs is 2. The topological polar surface area (TPSA) is 80.9 Å². The van der Waals surface area contributed by atoms with E-state index in [4.69, 9.17) is 0 Å². The van der Waals surface area contributed by atoms with Crippen molar-refractivity contribution in [1.29, 1.82) is 0 Å². The zero-order valence-electron chi connectivity index (χ0n) is 9.25. The molecule has 4 N–H and O–H groups in total. The van der Waals surface area contributed by atoms with Crippen molar-refractivity contribution in [2.45, 2.75) is 0 Å². The Balaban J connectivity index is 2.54. The second-order valence-electron chi connectivity index (χ2n) is 4.16. The number of hydrogen-bond donors (Lipinski definition) is 4. The minimum Gasteiger partial charge on any atom is -0.507 e. The summed E-state index contributed by atoms with van der Waals surface area (Å²) in [5, 5.41) is 40.8. The minimum atomic E-state index is -0.558. The molecular weight excluding hydrogens is 232 g/mol. The Hall–Kier alpha value is -2.62. The third-order valence-electron chi connectivity index (χ3n) is 3.04. The van der Waals surface area contributed by atoms with Crippen LogP contribution in [0.4, 0.5) is 0 Å². The first kappa shape index (κ1) is 10.5. The van der Waals surface area contributed by atoms with Crippen LogP contribution in [0.2, 0.25) is 0 Å². The van der Waals surface area contributed by atoms with Gasteiger partial charge in [-0.1, -0.05) is 12.1 Å². The first-order valence-corrected chi connectivity index (χ1v) is 5.37. The number of rotatable bonds is 0. The van der Waals surface area contributed by atoms with Gasteiger partial charge >= 0.3 is 0 Å². The molecule has 3 aromatic rings. The minimum absolute atomic E-state index is 0.0985. The largest absolute Gasteiger partial charge is 0.507 e. The summed E-state index contributed by atoms with van der Waals surface area (Å²) >= 11 is 0. The Labute approximate surface area is 102 Å². The number of benzene rings is 3. The van der Waals surface area contributed by atoms with Crippen LogP contribution < -0.4 is 0 Å². The van der Waals surface area contributed by atoms with Gasteiger partial charge in [0.25, 0.3) is 0 Å². The van der Waals surface area contributed by atoms with E-state index in [0.717, 1.165) is 5.39 Å². The molecule has 0 bridgehead atoms. The standard InChI is InChI=1S/C14H10O4/c15-11-3-1-2-7-4-8-5-12(16)14(18)13(17)10(8)6-9(7)11/h1-6,15-18H. The van der Waals surface area contributed by atoms with E-state index in [1.165, 1.54) is 6.07 Å². The maximum Gasteiger partial charge on any atom is 0.200 e. The highest BCUT2D eigenvalue weighted by Crippen LogP contribution is 2.43. The number of phenolic OH excluding ortho intramolecular Hbond substituents is 4. The summed E-state index contributed by atoms with van der Waals surface area (Å²) in [6.07, 6.45) is 0. The Morgan fingerprint density at radius 2 is 1.39 bits per heavy atom. The second kappa shape index (κ2) is 3.43. The van der Waals surface area contributed by atoms with Gasteiger partial charge in [0.05, 0.1) is 0 Å². The van der Waals surface area contributed by atoms with E-state index in [1.54, 1.807) is 24.3 Å². The van der Waals surface area contributed by atoms with E-state index in [1.807, 2.05) is 6.07 Å². The molecule has 0 saturated heterocycles. The fraction of sp³-hybridized carbons (Fsp3) is 0. The SMILES string of the molecule is Oc1cc2cc3cccc(O)c3cc2c(O)c1O. The molecule has 0 aliphatic rings. The molecule has 0 saturated carbocycles. The summed E-state index contributed by atoms with van der Waals surface area (Å²) in [7, 11) is 0. The summed E-state index contributed by atoms with van der Waals surface area (Å²) in [6.45, 7) is 0. The van der Waals surface area contributed by atoms with E-state index in [2.05, 4.69) is 0 Å². The molecular formula is C14H10O4. The zero-order chi connectivity index (χ0) is 12.9. The maximum atomic E-state index is 9.80. The summed E-state index contributed by atoms with van der Waals surface area (Å²) in [6, 6.07) is 9.75. The van der Waals surface area contributed by atoms with Crippen LogP contribution in [0.15, 0.2) is 36.4 Å². The molecule has 0 amide bonds. The van der Waals surface area contributed by atoms with Gasteiger partial charge < -0.3 is 20.4 Å². The molecule has 0 aliphatic carbocycles. The summed E-state index contributed by atoms with van der Waals surface area (Å²) in [5.74, 6) is -1.23. The third kappa shape index (κ3) is 1.32. The van der Waals surface area contributed by atoms with Crippen LogP contribution in [0.5, 0.6) is 23.0 Å². The van der Waals surface area contributed by atoms with Crippen LogP contribution in [-0.2, 0) is 0 Å². The summed E-state index contributed by atoms with van der Waals surface area (Å²) in [5.41, 5.74) is 0. The fourth-order valence-electron chi connectivity index (χ4n) is 2.12. The molecule has 0 atom stereocenters. The van der Waals surface area contributed by atoms with E-state index in [-0.39, 0.29) is 11.5 Å². The van der Waals surface area contributed by atoms with Crippen molar-refractivity contribution < 1.29 is 20.4 Å². The van der Waals surface area contributed by atoms with Gasteiger partial charge in [-0.15, -0.1) is 0 Å². The lowest BCUT2D eigenvalue weighted by Crippen LogP contribution is -1.80. The van der Waals surface area contributed by atoms with Crippen LogP contribution in [0.25, 0.3) is 21.5 Å². The number of phenols is 4. The lowest BCUT2D eigenvalue weighted by atomic mass is 10.0. The smallest absolute Gasteiger partial charge is 0.200 e.